The van der Waals surface area contributed by atoms with Crippen LogP contribution in [-0.4, -0.2) is 69.1 Å². The molecule has 120 valence electrons. The molecule has 2 bridgehead atoms. The highest BCUT2D eigenvalue weighted by Gasteiger charge is 2.96. The Morgan fingerprint density at radius 1 is 1.32 bits per heavy atom. The van der Waals surface area contributed by atoms with Gasteiger partial charge in [0, 0.05) is 0 Å². The van der Waals surface area contributed by atoms with Gasteiger partial charge < -0.3 is 29.5 Å². The highest BCUT2D eigenvalue weighted by Crippen LogP contribution is 2.76. The molecular formula is C15H18O7. The van der Waals surface area contributed by atoms with Crippen LogP contribution in [0.3, 0.4) is 0 Å². The van der Waals surface area contributed by atoms with Crippen molar-refractivity contribution in [1.82, 2.24) is 0 Å². The number of ether oxygens (including phenoxy) is 3. The van der Waals surface area contributed by atoms with Crippen molar-refractivity contribution in [3.05, 3.63) is 12.2 Å². The van der Waals surface area contributed by atoms with E-state index in [1.54, 1.807) is 13.8 Å². The normalized spacial score (nSPS) is 66.8. The standard InChI is InChI=1S/C15H18O7/c1-5(2)14(18)6-11(17)22-8(14)7(16)12(3)13(4-20-13)9-10(21-9)15(6,12)19/h6-10,16,18-19H,1,4H2,2-3H3/t6?,7?,8?,9-,10+,12+,13-,14-,15+/m1/s1. The Balaban J connectivity index is 1.79. The second-order valence-corrected chi connectivity index (χ2v) is 7.52. The first-order valence-electron chi connectivity index (χ1n) is 7.46. The summed E-state index contributed by atoms with van der Waals surface area (Å²) in [5.74, 6) is -1.97. The van der Waals surface area contributed by atoms with Crippen LogP contribution in [0.25, 0.3) is 0 Å². The van der Waals surface area contributed by atoms with Gasteiger partial charge in [0.25, 0.3) is 0 Å². The van der Waals surface area contributed by atoms with Crippen LogP contribution in [0.5, 0.6) is 0 Å². The summed E-state index contributed by atoms with van der Waals surface area (Å²) in [5.41, 5.74) is -5.26. The lowest BCUT2D eigenvalue weighted by atomic mass is 9.50. The van der Waals surface area contributed by atoms with Gasteiger partial charge in [-0.2, -0.15) is 0 Å². The van der Waals surface area contributed by atoms with Gasteiger partial charge in [-0.25, -0.2) is 0 Å². The molecule has 3 aliphatic heterocycles. The molecule has 5 rings (SSSR count). The first-order chi connectivity index (χ1) is 10.2. The highest BCUT2D eigenvalue weighted by atomic mass is 16.7. The van der Waals surface area contributed by atoms with Crippen LogP contribution < -0.4 is 0 Å². The van der Waals surface area contributed by atoms with E-state index in [4.69, 9.17) is 14.2 Å². The summed E-state index contributed by atoms with van der Waals surface area (Å²) < 4.78 is 16.4. The molecule has 9 atom stereocenters. The number of hydrogen-bond acceptors (Lipinski definition) is 7. The molecule has 2 aliphatic carbocycles. The maximum Gasteiger partial charge on any atom is 0.315 e. The Labute approximate surface area is 126 Å². The van der Waals surface area contributed by atoms with Crippen molar-refractivity contribution in [2.75, 3.05) is 6.61 Å². The van der Waals surface area contributed by atoms with E-state index >= 15 is 0 Å². The summed E-state index contributed by atoms with van der Waals surface area (Å²) in [7, 11) is 0. The largest absolute Gasteiger partial charge is 0.456 e. The number of rotatable bonds is 1. The van der Waals surface area contributed by atoms with Crippen LogP contribution in [-0.2, 0) is 19.0 Å². The zero-order valence-corrected chi connectivity index (χ0v) is 12.3. The summed E-state index contributed by atoms with van der Waals surface area (Å²) in [6.45, 7) is 7.35. The van der Waals surface area contributed by atoms with E-state index in [2.05, 4.69) is 6.58 Å². The van der Waals surface area contributed by atoms with Gasteiger partial charge in [0.1, 0.15) is 41.0 Å². The summed E-state index contributed by atoms with van der Waals surface area (Å²) in [5, 5.41) is 33.5. The van der Waals surface area contributed by atoms with Gasteiger partial charge in [-0.1, -0.05) is 13.5 Å². The fourth-order valence-electron chi connectivity index (χ4n) is 5.46. The number of carbonyl (C=O) groups excluding carboxylic acids is 1. The number of fused-ring (bicyclic) bond motifs is 8. The molecule has 7 nitrogen and oxygen atoms in total. The minimum atomic E-state index is -1.82. The van der Waals surface area contributed by atoms with Crippen molar-refractivity contribution < 1.29 is 34.3 Å². The quantitative estimate of drug-likeness (QED) is 0.307. The Morgan fingerprint density at radius 2 is 1.95 bits per heavy atom. The Bertz CT molecular complexity index is 642. The molecule has 0 aromatic rings. The first-order valence-corrected chi connectivity index (χ1v) is 7.46. The minimum absolute atomic E-state index is 0.276. The van der Waals surface area contributed by atoms with Crippen LogP contribution in [0, 0.1) is 11.3 Å². The van der Waals surface area contributed by atoms with Crippen molar-refractivity contribution in [3.8, 4) is 0 Å². The third-order valence-corrected chi connectivity index (χ3v) is 6.91. The van der Waals surface area contributed by atoms with Gasteiger partial charge in [-0.05, 0) is 12.5 Å². The van der Waals surface area contributed by atoms with Gasteiger partial charge >= 0.3 is 5.97 Å². The van der Waals surface area contributed by atoms with E-state index in [0.717, 1.165) is 0 Å². The van der Waals surface area contributed by atoms with Crippen molar-refractivity contribution in [2.24, 2.45) is 11.3 Å². The second-order valence-electron chi connectivity index (χ2n) is 7.52. The maximum absolute atomic E-state index is 12.4. The zero-order chi connectivity index (χ0) is 15.9. The smallest absolute Gasteiger partial charge is 0.315 e. The van der Waals surface area contributed by atoms with E-state index in [9.17, 15) is 20.1 Å². The molecule has 0 aromatic heterocycles. The fourth-order valence-corrected chi connectivity index (χ4v) is 5.46. The summed E-state index contributed by atoms with van der Waals surface area (Å²) in [6, 6.07) is 0. The summed E-state index contributed by atoms with van der Waals surface area (Å²) in [4.78, 5) is 12.4. The van der Waals surface area contributed by atoms with Crippen LogP contribution in [0.4, 0.5) is 0 Å². The molecular weight excluding hydrogens is 292 g/mol. The van der Waals surface area contributed by atoms with Gasteiger partial charge in [-0.3, -0.25) is 4.79 Å². The molecule has 1 spiro atoms. The van der Waals surface area contributed by atoms with Crippen molar-refractivity contribution in [3.63, 3.8) is 0 Å². The van der Waals surface area contributed by atoms with Crippen LogP contribution >= 0.6 is 0 Å². The number of aliphatic hydroxyl groups excluding tert-OH is 1. The van der Waals surface area contributed by atoms with Gasteiger partial charge in [0.15, 0.2) is 6.10 Å². The number of hydrogen-bond donors (Lipinski definition) is 3. The van der Waals surface area contributed by atoms with Crippen LogP contribution in [0.1, 0.15) is 13.8 Å². The van der Waals surface area contributed by atoms with Crippen molar-refractivity contribution in [2.45, 2.75) is 55.1 Å². The topological polar surface area (TPSA) is 112 Å². The molecule has 0 aromatic carbocycles. The summed E-state index contributed by atoms with van der Waals surface area (Å²) in [6.07, 6.45) is -3.46. The average Bonchev–Trinajstić information content (AvgIpc) is 3.30. The van der Waals surface area contributed by atoms with E-state index in [-0.39, 0.29) is 11.7 Å². The number of aliphatic hydroxyl groups is 3. The molecule has 5 fully saturated rings. The van der Waals surface area contributed by atoms with Crippen LogP contribution in [0.2, 0.25) is 0 Å². The average molecular weight is 310 g/mol. The molecule has 7 heteroatoms. The van der Waals surface area contributed by atoms with Crippen molar-refractivity contribution in [1.29, 1.82) is 0 Å². The predicted octanol–water partition coefficient (Wildman–Crippen LogP) is -1.50. The molecule has 3 unspecified atom stereocenters. The predicted molar refractivity (Wildman–Crippen MR) is 69.5 cm³/mol. The SMILES string of the molecule is C=C(C)[C@]1(O)C2OC(=O)C1[C@]1(O)[C@H]3O[C@H]3[C@]3(CO3)[C@]1(C)C2O. The lowest BCUT2D eigenvalue weighted by Crippen LogP contribution is -2.76. The Morgan fingerprint density at radius 3 is 2.50 bits per heavy atom. The Hall–Kier alpha value is -0.990. The van der Waals surface area contributed by atoms with Gasteiger partial charge in [-0.15, -0.1) is 0 Å². The molecule has 0 amide bonds. The third kappa shape index (κ3) is 0.917. The lowest BCUT2D eigenvalue weighted by Gasteiger charge is -2.56. The first kappa shape index (κ1) is 13.4. The number of esters is 1. The van der Waals surface area contributed by atoms with Gasteiger partial charge in [0.2, 0.25) is 0 Å². The lowest BCUT2D eigenvalue weighted by molar-refractivity contribution is -0.267. The molecule has 2 saturated carbocycles. The van der Waals surface area contributed by atoms with Gasteiger partial charge in [0.05, 0.1) is 12.0 Å². The number of epoxide rings is 2. The fraction of sp³-hybridized carbons (Fsp3) is 0.800. The summed E-state index contributed by atoms with van der Waals surface area (Å²) >= 11 is 0. The molecule has 3 heterocycles. The minimum Gasteiger partial charge on any atom is -0.456 e. The van der Waals surface area contributed by atoms with Crippen molar-refractivity contribution >= 4 is 5.97 Å². The highest BCUT2D eigenvalue weighted by molar-refractivity contribution is 5.82. The number of carbonyl (C=O) groups is 1. The molecule has 5 aliphatic rings. The van der Waals surface area contributed by atoms with E-state index in [1.807, 2.05) is 0 Å². The Kier molecular flexibility index (Phi) is 1.92. The molecule has 3 N–H and O–H groups in total. The zero-order valence-electron chi connectivity index (χ0n) is 12.3. The molecule has 3 saturated heterocycles. The monoisotopic (exact) mass is 310 g/mol. The van der Waals surface area contributed by atoms with Crippen LogP contribution in [0.15, 0.2) is 12.2 Å². The maximum atomic E-state index is 12.4. The van der Waals surface area contributed by atoms with E-state index in [1.165, 1.54) is 0 Å². The molecule has 22 heavy (non-hydrogen) atoms. The van der Waals surface area contributed by atoms with E-state index < -0.39 is 52.4 Å². The van der Waals surface area contributed by atoms with E-state index in [0.29, 0.717) is 6.61 Å². The molecule has 0 radical (unpaired) electrons. The second kappa shape index (κ2) is 3.14. The third-order valence-electron chi connectivity index (χ3n) is 6.91.